The van der Waals surface area contributed by atoms with Gasteiger partial charge in [-0.1, -0.05) is 56.8 Å². The van der Waals surface area contributed by atoms with Crippen LogP contribution in [0.3, 0.4) is 0 Å². The zero-order valence-electron chi connectivity index (χ0n) is 16.7. The quantitative estimate of drug-likeness (QED) is 0.157. The predicted octanol–water partition coefficient (Wildman–Crippen LogP) is 7.10. The molecule has 0 atom stereocenters. The van der Waals surface area contributed by atoms with Crippen LogP contribution >= 0.6 is 50.7 Å². The number of hydrogen-bond acceptors (Lipinski definition) is 5. The van der Waals surface area contributed by atoms with Gasteiger partial charge in [0.2, 0.25) is 0 Å². The molecule has 168 valence electrons. The summed E-state index contributed by atoms with van der Waals surface area (Å²) < 4.78 is 6.94. The number of nitro benzene ring substituents is 1. The minimum atomic E-state index is -0.476. The molecule has 0 aliphatic rings. The second-order valence-electron chi connectivity index (χ2n) is 6.80. The van der Waals surface area contributed by atoms with Gasteiger partial charge >= 0.3 is 0 Å². The molecule has 0 amide bonds. The van der Waals surface area contributed by atoms with Crippen LogP contribution < -0.4 is 15.4 Å². The van der Waals surface area contributed by atoms with E-state index < -0.39 is 4.92 Å². The van der Waals surface area contributed by atoms with Gasteiger partial charge in [-0.2, -0.15) is 0 Å². The lowest BCUT2D eigenvalue weighted by Gasteiger charge is -2.14. The first kappa shape index (κ1) is 24.6. The molecule has 0 aliphatic carbocycles. The van der Waals surface area contributed by atoms with Crippen LogP contribution in [0.5, 0.6) is 5.75 Å². The van der Waals surface area contributed by atoms with Gasteiger partial charge in [0, 0.05) is 57.4 Å². The van der Waals surface area contributed by atoms with Crippen LogP contribution in [0.4, 0.5) is 11.4 Å². The van der Waals surface area contributed by atoms with Crippen molar-refractivity contribution < 1.29 is 9.66 Å². The molecule has 0 fully saturated rings. The SMILES string of the molecule is O=[N+]([O-])c1ccc(NCCNCc2cc(Br)ccc2OCc2ccc(Cl)cc2Cl)c(Cl)c1. The average Bonchev–Trinajstić information content (AvgIpc) is 2.74. The Morgan fingerprint density at radius 1 is 0.938 bits per heavy atom. The van der Waals surface area contributed by atoms with Gasteiger partial charge < -0.3 is 15.4 Å². The number of benzene rings is 3. The third-order valence-electron chi connectivity index (χ3n) is 4.52. The molecule has 10 heteroatoms. The number of ether oxygens (including phenoxy) is 1. The van der Waals surface area contributed by atoms with Crippen molar-refractivity contribution in [2.24, 2.45) is 0 Å². The van der Waals surface area contributed by atoms with Crippen LogP contribution in [0.25, 0.3) is 0 Å². The minimum Gasteiger partial charge on any atom is -0.489 e. The van der Waals surface area contributed by atoms with Gasteiger partial charge in [0.1, 0.15) is 12.4 Å². The van der Waals surface area contributed by atoms with E-state index in [9.17, 15) is 10.1 Å². The molecule has 3 rings (SSSR count). The first-order valence-corrected chi connectivity index (χ1v) is 11.5. The van der Waals surface area contributed by atoms with E-state index in [0.29, 0.717) is 47.0 Å². The topological polar surface area (TPSA) is 76.4 Å². The third kappa shape index (κ3) is 6.98. The highest BCUT2D eigenvalue weighted by atomic mass is 79.9. The maximum Gasteiger partial charge on any atom is 0.271 e. The molecule has 3 aromatic rings. The Hall–Kier alpha value is -2.03. The van der Waals surface area contributed by atoms with Gasteiger partial charge in [-0.15, -0.1) is 0 Å². The highest BCUT2D eigenvalue weighted by Gasteiger charge is 2.10. The Labute approximate surface area is 209 Å². The number of halogens is 4. The predicted molar refractivity (Wildman–Crippen MR) is 133 cm³/mol. The van der Waals surface area contributed by atoms with E-state index in [4.69, 9.17) is 39.5 Å². The molecule has 0 saturated carbocycles. The van der Waals surface area contributed by atoms with Gasteiger partial charge in [-0.3, -0.25) is 10.1 Å². The van der Waals surface area contributed by atoms with Gasteiger partial charge in [0.25, 0.3) is 5.69 Å². The fourth-order valence-electron chi connectivity index (χ4n) is 2.89. The number of hydrogen-bond donors (Lipinski definition) is 2. The Morgan fingerprint density at radius 2 is 1.75 bits per heavy atom. The summed E-state index contributed by atoms with van der Waals surface area (Å²) in [6.45, 7) is 2.13. The number of rotatable bonds is 10. The van der Waals surface area contributed by atoms with Crippen molar-refractivity contribution >= 4 is 62.1 Å². The van der Waals surface area contributed by atoms with Gasteiger partial charge in [-0.05, 0) is 36.4 Å². The lowest BCUT2D eigenvalue weighted by molar-refractivity contribution is -0.384. The minimum absolute atomic E-state index is 0.0410. The van der Waals surface area contributed by atoms with Crippen molar-refractivity contribution in [1.82, 2.24) is 5.32 Å². The van der Waals surface area contributed by atoms with Gasteiger partial charge in [0.05, 0.1) is 15.6 Å². The Morgan fingerprint density at radius 3 is 2.47 bits per heavy atom. The lowest BCUT2D eigenvalue weighted by Crippen LogP contribution is -2.22. The van der Waals surface area contributed by atoms with E-state index in [1.54, 1.807) is 18.2 Å². The molecule has 0 unspecified atom stereocenters. The summed E-state index contributed by atoms with van der Waals surface area (Å²) in [6, 6.07) is 15.5. The summed E-state index contributed by atoms with van der Waals surface area (Å²) >= 11 is 21.8. The van der Waals surface area contributed by atoms with E-state index in [-0.39, 0.29) is 5.69 Å². The van der Waals surface area contributed by atoms with E-state index in [2.05, 4.69) is 26.6 Å². The summed E-state index contributed by atoms with van der Waals surface area (Å²) in [7, 11) is 0. The average molecular weight is 560 g/mol. The monoisotopic (exact) mass is 557 g/mol. The maximum absolute atomic E-state index is 10.8. The van der Waals surface area contributed by atoms with E-state index in [0.717, 1.165) is 21.3 Å². The van der Waals surface area contributed by atoms with Crippen molar-refractivity contribution in [3.63, 3.8) is 0 Å². The van der Waals surface area contributed by atoms with Crippen molar-refractivity contribution in [2.45, 2.75) is 13.2 Å². The molecule has 6 nitrogen and oxygen atoms in total. The Balaban J connectivity index is 1.52. The zero-order chi connectivity index (χ0) is 23.1. The van der Waals surface area contributed by atoms with Crippen LogP contribution in [0.2, 0.25) is 15.1 Å². The third-order valence-corrected chi connectivity index (χ3v) is 5.91. The summed E-state index contributed by atoms with van der Waals surface area (Å²) in [6.07, 6.45) is 0. The summed E-state index contributed by atoms with van der Waals surface area (Å²) in [5.74, 6) is 0.748. The molecule has 0 bridgehead atoms. The lowest BCUT2D eigenvalue weighted by atomic mass is 10.2. The number of nitrogens with zero attached hydrogens (tertiary/aromatic N) is 1. The molecular formula is C22H19BrCl3N3O3. The Bertz CT molecular complexity index is 1120. The number of nitrogens with one attached hydrogen (secondary N) is 2. The van der Waals surface area contributed by atoms with Crippen molar-refractivity contribution in [2.75, 3.05) is 18.4 Å². The number of non-ortho nitro benzene ring substituents is 1. The van der Waals surface area contributed by atoms with Crippen molar-refractivity contribution in [1.29, 1.82) is 0 Å². The molecule has 0 radical (unpaired) electrons. The number of anilines is 1. The second-order valence-corrected chi connectivity index (χ2v) is 8.97. The maximum atomic E-state index is 10.8. The molecule has 0 aliphatic heterocycles. The summed E-state index contributed by atoms with van der Waals surface area (Å²) in [5, 5.41) is 18.8. The molecule has 0 spiro atoms. The first-order valence-electron chi connectivity index (χ1n) is 9.57. The first-order chi connectivity index (χ1) is 15.3. The standard InChI is InChI=1S/C22H19BrCl3N3O3/c23-16-2-6-22(32-13-14-1-3-17(24)10-19(14)25)15(9-16)12-27-7-8-28-21-5-4-18(29(30)31)11-20(21)26/h1-6,9-11,27-28H,7-8,12-13H2. The van der Waals surface area contributed by atoms with Crippen LogP contribution in [0, 0.1) is 10.1 Å². The van der Waals surface area contributed by atoms with Gasteiger partial charge in [0.15, 0.2) is 0 Å². The summed E-state index contributed by atoms with van der Waals surface area (Å²) in [5.41, 5.74) is 2.44. The van der Waals surface area contributed by atoms with E-state index in [1.807, 2.05) is 24.3 Å². The fourth-order valence-corrected chi connectivity index (χ4v) is 4.00. The fraction of sp³-hybridized carbons (Fsp3) is 0.182. The van der Waals surface area contributed by atoms with Crippen molar-refractivity contribution in [3.05, 3.63) is 95.4 Å². The molecule has 0 saturated heterocycles. The highest BCUT2D eigenvalue weighted by molar-refractivity contribution is 9.10. The molecular weight excluding hydrogens is 541 g/mol. The normalized spacial score (nSPS) is 10.8. The van der Waals surface area contributed by atoms with Crippen LogP contribution in [0.15, 0.2) is 59.1 Å². The molecule has 0 aromatic heterocycles. The molecule has 3 aromatic carbocycles. The highest BCUT2D eigenvalue weighted by Crippen LogP contribution is 2.28. The van der Waals surface area contributed by atoms with E-state index in [1.165, 1.54) is 12.1 Å². The van der Waals surface area contributed by atoms with Gasteiger partial charge in [-0.25, -0.2) is 0 Å². The zero-order valence-corrected chi connectivity index (χ0v) is 20.6. The molecule has 32 heavy (non-hydrogen) atoms. The van der Waals surface area contributed by atoms with Crippen LogP contribution in [-0.4, -0.2) is 18.0 Å². The number of nitro groups is 1. The molecule has 2 N–H and O–H groups in total. The largest absolute Gasteiger partial charge is 0.489 e. The van der Waals surface area contributed by atoms with Crippen molar-refractivity contribution in [3.8, 4) is 5.75 Å². The van der Waals surface area contributed by atoms with E-state index >= 15 is 0 Å². The van der Waals surface area contributed by atoms with Crippen LogP contribution in [0.1, 0.15) is 11.1 Å². The Kier molecular flexibility index (Phi) is 9.02. The summed E-state index contributed by atoms with van der Waals surface area (Å²) in [4.78, 5) is 10.3. The smallest absolute Gasteiger partial charge is 0.271 e. The second kappa shape index (κ2) is 11.7. The molecule has 0 heterocycles. The van der Waals surface area contributed by atoms with Crippen LogP contribution in [-0.2, 0) is 13.2 Å².